The lowest BCUT2D eigenvalue weighted by atomic mass is 10.0. The first kappa shape index (κ1) is 22.6. The van der Waals surface area contributed by atoms with E-state index in [4.69, 9.17) is 21.1 Å². The van der Waals surface area contributed by atoms with Gasteiger partial charge in [-0.05, 0) is 71.8 Å². The van der Waals surface area contributed by atoms with Gasteiger partial charge in [0, 0.05) is 29.0 Å². The summed E-state index contributed by atoms with van der Waals surface area (Å²) in [7, 11) is 3.81. The number of halogens is 3. The molecule has 0 bridgehead atoms. The Balaban J connectivity index is 1.37. The number of methoxy groups -OCH3 is 1. The summed E-state index contributed by atoms with van der Waals surface area (Å²) >= 11 is 9.26. The van der Waals surface area contributed by atoms with Gasteiger partial charge in [-0.15, -0.1) is 0 Å². The molecule has 3 atom stereocenters. The van der Waals surface area contributed by atoms with Gasteiger partial charge >= 0.3 is 0 Å². The molecule has 2 aromatic carbocycles. The molecule has 0 spiro atoms. The van der Waals surface area contributed by atoms with Crippen molar-refractivity contribution >= 4 is 49.9 Å². The lowest BCUT2D eigenvalue weighted by Gasteiger charge is -2.17. The summed E-state index contributed by atoms with van der Waals surface area (Å²) in [6.45, 7) is 3.05. The molecule has 1 aliphatic carbocycles. The third-order valence-electron chi connectivity index (χ3n) is 6.71. The second kappa shape index (κ2) is 9.24. The van der Waals surface area contributed by atoms with Crippen molar-refractivity contribution in [3.63, 3.8) is 0 Å². The molecule has 1 saturated heterocycles. The molecule has 1 saturated carbocycles. The summed E-state index contributed by atoms with van der Waals surface area (Å²) in [5.74, 6) is 3.27. The molecule has 174 valence electrons. The standard InChI is InChI=1S/C24H25BrClFN4O2/c1-31-9-14-5-13(6-15(14)10-31)11-33-21-8-19-16(7-20(21)32-2)24(29-12-28-19)30-18-4-3-17(25)22(26)23(18)27/h3-4,7-8,12-15H,5-6,9-11H2,1-2H3,(H,28,29,30)/t13-,14-,15+. The Kier molecular flexibility index (Phi) is 6.33. The molecule has 3 aromatic rings. The number of anilines is 2. The third kappa shape index (κ3) is 4.48. The zero-order valence-electron chi connectivity index (χ0n) is 18.4. The quantitative estimate of drug-likeness (QED) is 0.397. The highest BCUT2D eigenvalue weighted by Gasteiger charge is 2.39. The van der Waals surface area contributed by atoms with Crippen LogP contribution >= 0.6 is 27.5 Å². The van der Waals surface area contributed by atoms with Crippen molar-refractivity contribution in [2.45, 2.75) is 12.8 Å². The van der Waals surface area contributed by atoms with E-state index in [0.717, 1.165) is 11.8 Å². The first-order valence-corrected chi connectivity index (χ1v) is 12.1. The van der Waals surface area contributed by atoms with E-state index in [-0.39, 0.29) is 10.7 Å². The fourth-order valence-electron chi connectivity index (χ4n) is 5.19. The van der Waals surface area contributed by atoms with Crippen molar-refractivity contribution in [2.75, 3.05) is 39.2 Å². The molecule has 1 aromatic heterocycles. The van der Waals surface area contributed by atoms with Gasteiger partial charge in [0.25, 0.3) is 0 Å². The summed E-state index contributed by atoms with van der Waals surface area (Å²) in [5.41, 5.74) is 0.900. The normalized spacial score (nSPS) is 22.5. The maximum atomic E-state index is 14.6. The summed E-state index contributed by atoms with van der Waals surface area (Å²) in [5, 5.41) is 3.73. The number of hydrogen-bond acceptors (Lipinski definition) is 6. The molecule has 9 heteroatoms. The van der Waals surface area contributed by atoms with Crippen LogP contribution in [0.4, 0.5) is 15.9 Å². The van der Waals surface area contributed by atoms with Gasteiger partial charge in [-0.1, -0.05) is 11.6 Å². The zero-order chi connectivity index (χ0) is 23.1. The molecule has 6 nitrogen and oxygen atoms in total. The summed E-state index contributed by atoms with van der Waals surface area (Å²) in [4.78, 5) is 11.1. The van der Waals surface area contributed by atoms with Crippen LogP contribution in [0.3, 0.4) is 0 Å². The summed E-state index contributed by atoms with van der Waals surface area (Å²) < 4.78 is 26.9. The fraction of sp³-hybridized carbons (Fsp3) is 0.417. The Bertz CT molecular complexity index is 1180. The minimum Gasteiger partial charge on any atom is -0.493 e. The van der Waals surface area contributed by atoms with Crippen LogP contribution in [-0.4, -0.2) is 48.7 Å². The molecule has 0 radical (unpaired) electrons. The minimum atomic E-state index is -0.558. The monoisotopic (exact) mass is 534 g/mol. The van der Waals surface area contributed by atoms with E-state index in [0.29, 0.717) is 45.2 Å². The van der Waals surface area contributed by atoms with Crippen molar-refractivity contribution in [1.29, 1.82) is 0 Å². The highest BCUT2D eigenvalue weighted by Crippen LogP contribution is 2.42. The van der Waals surface area contributed by atoms with Crippen molar-refractivity contribution < 1.29 is 13.9 Å². The molecule has 2 aliphatic rings. The van der Waals surface area contributed by atoms with E-state index in [1.54, 1.807) is 19.2 Å². The minimum absolute atomic E-state index is 0.00864. The van der Waals surface area contributed by atoms with E-state index >= 15 is 0 Å². The SMILES string of the molecule is COc1cc2c(Nc3ccc(Br)c(Cl)c3F)ncnc2cc1OC[C@@H]1C[C@@H]2CN(C)C[C@@H]2C1. The molecule has 5 rings (SSSR count). The van der Waals surface area contributed by atoms with Gasteiger partial charge in [0.2, 0.25) is 0 Å². The first-order chi connectivity index (χ1) is 15.9. The number of rotatable bonds is 6. The van der Waals surface area contributed by atoms with Crippen molar-refractivity contribution in [3.8, 4) is 11.5 Å². The maximum Gasteiger partial charge on any atom is 0.166 e. The van der Waals surface area contributed by atoms with E-state index in [1.165, 1.54) is 32.3 Å². The highest BCUT2D eigenvalue weighted by atomic mass is 79.9. The molecule has 1 N–H and O–H groups in total. The van der Waals surface area contributed by atoms with Crippen LogP contribution in [0.25, 0.3) is 10.9 Å². The van der Waals surface area contributed by atoms with E-state index < -0.39 is 5.82 Å². The molecule has 2 fully saturated rings. The second-order valence-corrected chi connectivity index (χ2v) is 10.2. The van der Waals surface area contributed by atoms with Crippen LogP contribution in [0.1, 0.15) is 12.8 Å². The third-order valence-corrected chi connectivity index (χ3v) is 7.97. The van der Waals surface area contributed by atoms with Crippen LogP contribution in [0.15, 0.2) is 35.1 Å². The number of likely N-dealkylation sites (tertiary alicyclic amines) is 1. The van der Waals surface area contributed by atoms with Gasteiger partial charge in [0.15, 0.2) is 17.3 Å². The predicted octanol–water partition coefficient (Wildman–Crippen LogP) is 5.90. The number of nitrogens with one attached hydrogen (secondary N) is 1. The van der Waals surface area contributed by atoms with Gasteiger partial charge in [0.1, 0.15) is 12.1 Å². The lowest BCUT2D eigenvalue weighted by molar-refractivity contribution is 0.227. The van der Waals surface area contributed by atoms with Crippen LogP contribution in [-0.2, 0) is 0 Å². The number of fused-ring (bicyclic) bond motifs is 2. The first-order valence-electron chi connectivity index (χ1n) is 11.0. The predicted molar refractivity (Wildman–Crippen MR) is 131 cm³/mol. The Morgan fingerprint density at radius 1 is 1.18 bits per heavy atom. The highest BCUT2D eigenvalue weighted by molar-refractivity contribution is 9.10. The Labute approximate surface area is 205 Å². The average Bonchev–Trinajstić information content (AvgIpc) is 3.34. The van der Waals surface area contributed by atoms with Gasteiger partial charge in [0.05, 0.1) is 29.9 Å². The van der Waals surface area contributed by atoms with Crippen molar-refractivity contribution in [2.24, 2.45) is 17.8 Å². The van der Waals surface area contributed by atoms with Crippen molar-refractivity contribution in [3.05, 3.63) is 45.9 Å². The molecule has 0 unspecified atom stereocenters. The van der Waals surface area contributed by atoms with Gasteiger partial charge < -0.3 is 19.7 Å². The smallest absolute Gasteiger partial charge is 0.166 e. The molecule has 1 aliphatic heterocycles. The second-order valence-electron chi connectivity index (χ2n) is 8.98. The fourth-order valence-corrected chi connectivity index (χ4v) is 5.66. The molecular weight excluding hydrogens is 511 g/mol. The number of ether oxygens (including phenoxy) is 2. The Morgan fingerprint density at radius 2 is 1.94 bits per heavy atom. The van der Waals surface area contributed by atoms with E-state index in [1.807, 2.05) is 12.1 Å². The molecule has 0 amide bonds. The molecular formula is C24H25BrClFN4O2. The topological polar surface area (TPSA) is 59.5 Å². The molecule has 33 heavy (non-hydrogen) atoms. The molecule has 2 heterocycles. The number of nitrogens with zero attached hydrogens (tertiary/aromatic N) is 3. The number of benzene rings is 2. The largest absolute Gasteiger partial charge is 0.493 e. The number of hydrogen-bond donors (Lipinski definition) is 1. The van der Waals surface area contributed by atoms with Crippen LogP contribution in [0.5, 0.6) is 11.5 Å². The van der Waals surface area contributed by atoms with Gasteiger partial charge in [-0.3, -0.25) is 0 Å². The van der Waals surface area contributed by atoms with Crippen LogP contribution < -0.4 is 14.8 Å². The number of aromatic nitrogens is 2. The van der Waals surface area contributed by atoms with Gasteiger partial charge in [-0.2, -0.15) is 0 Å². The Morgan fingerprint density at radius 3 is 2.67 bits per heavy atom. The zero-order valence-corrected chi connectivity index (χ0v) is 20.8. The van der Waals surface area contributed by atoms with Crippen LogP contribution in [0, 0.1) is 23.6 Å². The summed E-state index contributed by atoms with van der Waals surface area (Å²) in [6.07, 6.45) is 3.86. The van der Waals surface area contributed by atoms with Gasteiger partial charge in [-0.25, -0.2) is 14.4 Å². The van der Waals surface area contributed by atoms with E-state index in [9.17, 15) is 4.39 Å². The van der Waals surface area contributed by atoms with Crippen LogP contribution in [0.2, 0.25) is 5.02 Å². The average molecular weight is 536 g/mol. The Hall–Kier alpha value is -2.16. The van der Waals surface area contributed by atoms with Crippen molar-refractivity contribution in [1.82, 2.24) is 14.9 Å². The van der Waals surface area contributed by atoms with E-state index in [2.05, 4.69) is 43.2 Å². The maximum absolute atomic E-state index is 14.6. The summed E-state index contributed by atoms with van der Waals surface area (Å²) in [6, 6.07) is 6.96. The lowest BCUT2D eigenvalue weighted by Crippen LogP contribution is -2.18.